The second-order valence-corrected chi connectivity index (χ2v) is 5.50. The van der Waals surface area contributed by atoms with E-state index in [2.05, 4.69) is 20.7 Å². The Hall–Kier alpha value is -1.33. The number of halogens is 4. The number of rotatable bonds is 5. The van der Waals surface area contributed by atoms with E-state index in [1.54, 1.807) is 25.3 Å². The van der Waals surface area contributed by atoms with Gasteiger partial charge in [-0.2, -0.15) is 8.78 Å². The van der Waals surface area contributed by atoms with Gasteiger partial charge in [0, 0.05) is 0 Å². The number of alkyl halides is 3. The number of hydrogen-bond donors (Lipinski definition) is 0. The van der Waals surface area contributed by atoms with E-state index < -0.39 is 12.0 Å². The fourth-order valence-corrected chi connectivity index (χ4v) is 2.71. The molecule has 0 aromatic heterocycles. The molecular weight excluding hydrogens is 366 g/mol. The molecule has 6 heteroatoms. The summed E-state index contributed by atoms with van der Waals surface area (Å²) in [6.45, 7) is -2.86. The molecule has 2 rings (SSSR count). The van der Waals surface area contributed by atoms with E-state index in [9.17, 15) is 8.78 Å². The third-order valence-electron chi connectivity index (χ3n) is 2.84. The number of hydrogen-bond acceptors (Lipinski definition) is 2. The highest BCUT2D eigenvalue weighted by atomic mass is 79.9. The maximum Gasteiger partial charge on any atom is 0.387 e. The lowest BCUT2D eigenvalue weighted by Crippen LogP contribution is -2.02. The molecule has 0 aliphatic heterocycles. The molecule has 112 valence electrons. The Morgan fingerprint density at radius 3 is 2.43 bits per heavy atom. The van der Waals surface area contributed by atoms with Crippen molar-refractivity contribution in [1.29, 1.82) is 0 Å². The summed E-state index contributed by atoms with van der Waals surface area (Å²) in [5.74, 6) is 0.776. The zero-order valence-electron chi connectivity index (χ0n) is 11.0. The highest BCUT2D eigenvalue weighted by Gasteiger charge is 2.14. The minimum absolute atomic E-state index is 0.0840. The zero-order chi connectivity index (χ0) is 15.4. The molecule has 0 fully saturated rings. The van der Waals surface area contributed by atoms with Gasteiger partial charge in [-0.1, -0.05) is 18.2 Å². The predicted octanol–water partition coefficient (Wildman–Crippen LogP) is 5.39. The summed E-state index contributed by atoms with van der Waals surface area (Å²) >= 11 is 9.79. The second kappa shape index (κ2) is 7.09. The van der Waals surface area contributed by atoms with Gasteiger partial charge < -0.3 is 9.47 Å². The smallest absolute Gasteiger partial charge is 0.387 e. The van der Waals surface area contributed by atoms with Gasteiger partial charge in [-0.3, -0.25) is 0 Å². The maximum absolute atomic E-state index is 12.2. The normalized spacial score (nSPS) is 12.3. The van der Waals surface area contributed by atoms with E-state index in [0.717, 1.165) is 10.0 Å². The predicted molar refractivity (Wildman–Crippen MR) is 81.5 cm³/mol. The van der Waals surface area contributed by atoms with Crippen LogP contribution in [0.15, 0.2) is 46.9 Å². The molecule has 0 radical (unpaired) electrons. The fourth-order valence-electron chi connectivity index (χ4n) is 1.88. The van der Waals surface area contributed by atoms with Gasteiger partial charge in [-0.25, -0.2) is 0 Å². The van der Waals surface area contributed by atoms with E-state index in [-0.39, 0.29) is 5.75 Å². The van der Waals surface area contributed by atoms with Gasteiger partial charge in [0.2, 0.25) is 0 Å². The SMILES string of the molecule is COc1ccc(C(Cl)c2cccc(OC(F)F)c2)cc1Br. The highest BCUT2D eigenvalue weighted by Crippen LogP contribution is 2.35. The van der Waals surface area contributed by atoms with Crippen molar-refractivity contribution in [3.8, 4) is 11.5 Å². The Labute approximate surface area is 134 Å². The van der Waals surface area contributed by atoms with Crippen LogP contribution in [-0.4, -0.2) is 13.7 Å². The first-order valence-electron chi connectivity index (χ1n) is 6.03. The van der Waals surface area contributed by atoms with Crippen molar-refractivity contribution in [2.75, 3.05) is 7.11 Å². The standard InChI is InChI=1S/C15H12BrClF2O2/c1-20-13-6-5-10(8-12(13)16)14(17)9-3-2-4-11(7-9)21-15(18)19/h2-8,14-15H,1H3. The molecule has 0 bridgehead atoms. The number of ether oxygens (including phenoxy) is 2. The van der Waals surface area contributed by atoms with Crippen LogP contribution in [0.3, 0.4) is 0 Å². The van der Waals surface area contributed by atoms with Crippen LogP contribution in [0, 0.1) is 0 Å². The first kappa shape index (κ1) is 16.0. The summed E-state index contributed by atoms with van der Waals surface area (Å²) in [7, 11) is 1.57. The van der Waals surface area contributed by atoms with Crippen LogP contribution in [0.5, 0.6) is 11.5 Å². The summed E-state index contributed by atoms with van der Waals surface area (Å²) < 4.78 is 34.8. The van der Waals surface area contributed by atoms with Crippen LogP contribution >= 0.6 is 27.5 Å². The summed E-state index contributed by atoms with van der Waals surface area (Å²) in [5.41, 5.74) is 1.49. The largest absolute Gasteiger partial charge is 0.496 e. The quantitative estimate of drug-likeness (QED) is 0.651. The van der Waals surface area contributed by atoms with Crippen LogP contribution in [0.1, 0.15) is 16.5 Å². The van der Waals surface area contributed by atoms with E-state index in [4.69, 9.17) is 16.3 Å². The molecule has 2 nitrogen and oxygen atoms in total. The first-order valence-corrected chi connectivity index (χ1v) is 7.26. The third-order valence-corrected chi connectivity index (χ3v) is 3.97. The van der Waals surface area contributed by atoms with Crippen molar-refractivity contribution in [2.24, 2.45) is 0 Å². The topological polar surface area (TPSA) is 18.5 Å². The van der Waals surface area contributed by atoms with Crippen LogP contribution in [0.2, 0.25) is 0 Å². The Morgan fingerprint density at radius 1 is 1.10 bits per heavy atom. The van der Waals surface area contributed by atoms with Crippen molar-refractivity contribution < 1.29 is 18.3 Å². The second-order valence-electron chi connectivity index (χ2n) is 4.21. The Morgan fingerprint density at radius 2 is 1.81 bits per heavy atom. The van der Waals surface area contributed by atoms with Gasteiger partial charge in [0.25, 0.3) is 0 Å². The summed E-state index contributed by atoms with van der Waals surface area (Å²) in [6, 6.07) is 11.8. The van der Waals surface area contributed by atoms with Crippen molar-refractivity contribution >= 4 is 27.5 Å². The number of benzene rings is 2. The molecule has 1 unspecified atom stereocenters. The molecule has 1 atom stereocenters. The van der Waals surface area contributed by atoms with Crippen LogP contribution < -0.4 is 9.47 Å². The lowest BCUT2D eigenvalue weighted by atomic mass is 10.0. The minimum atomic E-state index is -2.86. The Bertz CT molecular complexity index is 622. The molecule has 2 aromatic rings. The van der Waals surface area contributed by atoms with Gasteiger partial charge >= 0.3 is 6.61 Å². The summed E-state index contributed by atoms with van der Waals surface area (Å²) in [5, 5.41) is -0.478. The Kier molecular flexibility index (Phi) is 5.42. The van der Waals surface area contributed by atoms with E-state index in [0.29, 0.717) is 11.3 Å². The summed E-state index contributed by atoms with van der Waals surface area (Å²) in [4.78, 5) is 0. The molecule has 0 heterocycles. The average Bonchev–Trinajstić information content (AvgIpc) is 2.46. The molecule has 0 saturated heterocycles. The van der Waals surface area contributed by atoms with E-state index >= 15 is 0 Å². The molecular formula is C15H12BrClF2O2. The average molecular weight is 378 g/mol. The summed E-state index contributed by atoms with van der Waals surface area (Å²) in [6.07, 6.45) is 0. The van der Waals surface area contributed by atoms with Crippen molar-refractivity contribution in [2.45, 2.75) is 12.0 Å². The first-order chi connectivity index (χ1) is 10.0. The fraction of sp³-hybridized carbons (Fsp3) is 0.200. The van der Waals surface area contributed by atoms with Gasteiger partial charge in [-0.15, -0.1) is 11.6 Å². The van der Waals surface area contributed by atoms with Crippen molar-refractivity contribution in [3.63, 3.8) is 0 Å². The van der Waals surface area contributed by atoms with Crippen LogP contribution in [-0.2, 0) is 0 Å². The minimum Gasteiger partial charge on any atom is -0.496 e. The lowest BCUT2D eigenvalue weighted by Gasteiger charge is -2.13. The molecule has 21 heavy (non-hydrogen) atoms. The van der Waals surface area contributed by atoms with Gasteiger partial charge in [0.05, 0.1) is 17.0 Å². The van der Waals surface area contributed by atoms with Gasteiger partial charge in [0.15, 0.2) is 0 Å². The van der Waals surface area contributed by atoms with Gasteiger partial charge in [-0.05, 0) is 51.3 Å². The van der Waals surface area contributed by atoms with E-state index in [1.165, 1.54) is 12.1 Å². The monoisotopic (exact) mass is 376 g/mol. The number of methoxy groups -OCH3 is 1. The van der Waals surface area contributed by atoms with Crippen molar-refractivity contribution in [3.05, 3.63) is 58.1 Å². The van der Waals surface area contributed by atoms with Crippen molar-refractivity contribution in [1.82, 2.24) is 0 Å². The molecule has 0 amide bonds. The Balaban J connectivity index is 2.27. The molecule has 0 spiro atoms. The highest BCUT2D eigenvalue weighted by molar-refractivity contribution is 9.10. The zero-order valence-corrected chi connectivity index (χ0v) is 13.4. The molecule has 0 saturated carbocycles. The maximum atomic E-state index is 12.2. The molecule has 2 aromatic carbocycles. The van der Waals surface area contributed by atoms with E-state index in [1.807, 2.05) is 12.1 Å². The molecule has 0 N–H and O–H groups in total. The lowest BCUT2D eigenvalue weighted by molar-refractivity contribution is -0.0498. The van der Waals surface area contributed by atoms with Crippen LogP contribution in [0.4, 0.5) is 8.78 Å². The molecule has 0 aliphatic carbocycles. The molecule has 0 aliphatic rings. The van der Waals surface area contributed by atoms with Crippen LogP contribution in [0.25, 0.3) is 0 Å². The van der Waals surface area contributed by atoms with Gasteiger partial charge in [0.1, 0.15) is 11.5 Å². The third kappa shape index (κ3) is 4.08.